The van der Waals surface area contributed by atoms with Crippen molar-refractivity contribution < 1.29 is 19.4 Å². The summed E-state index contributed by atoms with van der Waals surface area (Å²) in [6.07, 6.45) is -0.457. The molecule has 0 saturated carbocycles. The summed E-state index contributed by atoms with van der Waals surface area (Å²) in [5.74, 6) is -0.457. The number of esters is 1. The molecule has 3 atom stereocenters. The highest BCUT2D eigenvalue weighted by atomic mass is 16.6. The van der Waals surface area contributed by atoms with Crippen molar-refractivity contribution in [2.45, 2.75) is 31.8 Å². The van der Waals surface area contributed by atoms with Gasteiger partial charge in [0.1, 0.15) is 18.9 Å². The maximum atomic E-state index is 12.2. The molecule has 1 N–H and O–H groups in total. The van der Waals surface area contributed by atoms with Crippen molar-refractivity contribution in [1.29, 1.82) is 0 Å². The number of carbonyl (C=O) groups is 1. The fourth-order valence-corrected chi connectivity index (χ4v) is 2.21. The predicted molar refractivity (Wildman–Crippen MR) is 66.2 cm³/mol. The second-order valence-corrected chi connectivity index (χ2v) is 4.69. The zero-order valence-corrected chi connectivity index (χ0v) is 11.1. The lowest BCUT2D eigenvalue weighted by atomic mass is 10.2. The van der Waals surface area contributed by atoms with Crippen LogP contribution in [0.4, 0.5) is 0 Å². The number of aliphatic hydroxyl groups is 1. The van der Waals surface area contributed by atoms with E-state index in [-0.39, 0.29) is 13.0 Å². The van der Waals surface area contributed by atoms with Crippen LogP contribution in [0.25, 0.3) is 5.65 Å². The topological polar surface area (TPSA) is 121 Å². The minimum Gasteiger partial charge on any atom is -0.463 e. The molecule has 1 aliphatic heterocycles. The first-order valence-corrected chi connectivity index (χ1v) is 6.32. The van der Waals surface area contributed by atoms with E-state index < -0.39 is 30.1 Å². The molecular formula is C11H13N5O5. The van der Waals surface area contributed by atoms with E-state index in [2.05, 4.69) is 15.5 Å². The molecular weight excluding hydrogens is 282 g/mol. The summed E-state index contributed by atoms with van der Waals surface area (Å²) in [4.78, 5) is 23.0. The molecule has 0 spiro atoms. The minimum absolute atomic E-state index is 0.0606. The molecule has 1 aliphatic rings. The number of hydrogen-bond acceptors (Lipinski definition) is 8. The molecule has 21 heavy (non-hydrogen) atoms. The molecule has 1 saturated heterocycles. The Hall–Kier alpha value is -2.33. The van der Waals surface area contributed by atoms with E-state index in [1.165, 1.54) is 17.7 Å². The Bertz CT molecular complexity index is 725. The first-order valence-electron chi connectivity index (χ1n) is 6.32. The average molecular weight is 295 g/mol. The van der Waals surface area contributed by atoms with Gasteiger partial charge in [-0.05, 0) is 10.4 Å². The number of hydrogen-bond donors (Lipinski definition) is 1. The van der Waals surface area contributed by atoms with Crippen LogP contribution in [0.3, 0.4) is 0 Å². The van der Waals surface area contributed by atoms with E-state index in [1.807, 2.05) is 0 Å². The van der Waals surface area contributed by atoms with Crippen molar-refractivity contribution in [1.82, 2.24) is 24.6 Å². The molecule has 0 radical (unpaired) electrons. The lowest BCUT2D eigenvalue weighted by Crippen LogP contribution is -2.31. The highest BCUT2D eigenvalue weighted by Crippen LogP contribution is 2.27. The second kappa shape index (κ2) is 5.22. The molecule has 10 heteroatoms. The third-order valence-corrected chi connectivity index (χ3v) is 3.25. The molecule has 2 aromatic heterocycles. The Labute approximate surface area is 117 Å². The number of aliphatic hydroxyl groups excluding tert-OH is 1. The van der Waals surface area contributed by atoms with Gasteiger partial charge in [-0.15, -0.1) is 9.61 Å². The van der Waals surface area contributed by atoms with Crippen LogP contribution in [0.2, 0.25) is 0 Å². The molecule has 0 amide bonds. The van der Waals surface area contributed by atoms with Gasteiger partial charge in [-0.25, -0.2) is 4.79 Å². The number of carbonyl (C=O) groups excluding carboxylic acids is 1. The fraction of sp³-hybridized carbons (Fsp3) is 0.545. The predicted octanol–water partition coefficient (Wildman–Crippen LogP) is -1.50. The Morgan fingerprint density at radius 2 is 2.43 bits per heavy atom. The number of aromatic nitrogens is 5. The molecule has 1 fully saturated rings. The van der Waals surface area contributed by atoms with Gasteiger partial charge >= 0.3 is 11.7 Å². The van der Waals surface area contributed by atoms with Crippen molar-refractivity contribution in [2.75, 3.05) is 6.61 Å². The van der Waals surface area contributed by atoms with Gasteiger partial charge < -0.3 is 14.6 Å². The summed E-state index contributed by atoms with van der Waals surface area (Å²) in [7, 11) is 0. The molecule has 2 aromatic rings. The maximum Gasteiger partial charge on any atom is 0.354 e. The quantitative estimate of drug-likeness (QED) is 0.679. The molecule has 10 nitrogen and oxygen atoms in total. The van der Waals surface area contributed by atoms with Crippen molar-refractivity contribution in [2.24, 2.45) is 0 Å². The van der Waals surface area contributed by atoms with Crippen LogP contribution >= 0.6 is 0 Å². The zero-order valence-electron chi connectivity index (χ0n) is 11.1. The van der Waals surface area contributed by atoms with Crippen molar-refractivity contribution in [3.63, 3.8) is 0 Å². The maximum absolute atomic E-state index is 12.2. The Balaban J connectivity index is 1.82. The minimum atomic E-state index is -0.828. The summed E-state index contributed by atoms with van der Waals surface area (Å²) < 4.78 is 12.7. The lowest BCUT2D eigenvalue weighted by molar-refractivity contribution is -0.147. The molecule has 112 valence electrons. The summed E-state index contributed by atoms with van der Waals surface area (Å²) in [5, 5.41) is 20.6. The molecule has 0 unspecified atom stereocenters. The van der Waals surface area contributed by atoms with Gasteiger partial charge in [-0.3, -0.25) is 9.36 Å². The van der Waals surface area contributed by atoms with Crippen LogP contribution < -0.4 is 5.69 Å². The third kappa shape index (κ3) is 2.50. The molecule has 3 heterocycles. The van der Waals surface area contributed by atoms with E-state index in [0.29, 0.717) is 5.65 Å². The number of rotatable bonds is 3. The van der Waals surface area contributed by atoms with Gasteiger partial charge in [-0.1, -0.05) is 0 Å². The smallest absolute Gasteiger partial charge is 0.354 e. The Morgan fingerprint density at radius 3 is 3.19 bits per heavy atom. The van der Waals surface area contributed by atoms with Crippen molar-refractivity contribution in [3.05, 3.63) is 22.7 Å². The number of ether oxygens (including phenoxy) is 2. The van der Waals surface area contributed by atoms with Gasteiger partial charge in [0, 0.05) is 25.6 Å². The highest BCUT2D eigenvalue weighted by Gasteiger charge is 2.36. The standard InChI is InChI=1S/C11H13N5O5/c1-6(17)20-5-8-7(18)4-10(21-8)15-3-2-9-12-13-14-16(9)11(15)19/h2-3,7-8,10,18H,4-5H2,1H3/t7-,8+,10+/m0/s1. The van der Waals surface area contributed by atoms with Crippen LogP contribution in [0.1, 0.15) is 19.6 Å². The van der Waals surface area contributed by atoms with Crippen LogP contribution in [0, 0.1) is 0 Å². The summed E-state index contributed by atoms with van der Waals surface area (Å²) in [5.41, 5.74) is -0.144. The fourth-order valence-electron chi connectivity index (χ4n) is 2.21. The summed E-state index contributed by atoms with van der Waals surface area (Å²) in [6, 6.07) is 1.57. The lowest BCUT2D eigenvalue weighted by Gasteiger charge is -2.15. The normalized spacial score (nSPS) is 25.3. The van der Waals surface area contributed by atoms with Crippen molar-refractivity contribution in [3.8, 4) is 0 Å². The van der Waals surface area contributed by atoms with Crippen LogP contribution in [-0.4, -0.2) is 54.5 Å². The van der Waals surface area contributed by atoms with E-state index in [0.717, 1.165) is 4.52 Å². The van der Waals surface area contributed by atoms with Gasteiger partial charge in [0.25, 0.3) is 0 Å². The van der Waals surface area contributed by atoms with E-state index in [1.54, 1.807) is 6.07 Å². The van der Waals surface area contributed by atoms with Crippen LogP contribution in [0.5, 0.6) is 0 Å². The Kier molecular flexibility index (Phi) is 3.39. The van der Waals surface area contributed by atoms with E-state index >= 15 is 0 Å². The molecule has 0 bridgehead atoms. The monoisotopic (exact) mass is 295 g/mol. The largest absolute Gasteiger partial charge is 0.463 e. The Morgan fingerprint density at radius 1 is 1.62 bits per heavy atom. The first-order chi connectivity index (χ1) is 10.1. The average Bonchev–Trinajstić information content (AvgIpc) is 3.04. The van der Waals surface area contributed by atoms with Gasteiger partial charge in [0.05, 0.1) is 6.10 Å². The summed E-state index contributed by atoms with van der Waals surface area (Å²) >= 11 is 0. The number of nitrogens with zero attached hydrogens (tertiary/aromatic N) is 5. The van der Waals surface area contributed by atoms with Gasteiger partial charge in [0.2, 0.25) is 0 Å². The van der Waals surface area contributed by atoms with Crippen LogP contribution in [0.15, 0.2) is 17.1 Å². The van der Waals surface area contributed by atoms with E-state index in [4.69, 9.17) is 9.47 Å². The second-order valence-electron chi connectivity index (χ2n) is 4.69. The molecule has 0 aliphatic carbocycles. The SMILES string of the molecule is CC(=O)OC[C@H]1O[C@@H](n2ccc3nnnn3c2=O)C[C@@H]1O. The van der Waals surface area contributed by atoms with Crippen molar-refractivity contribution >= 4 is 11.6 Å². The zero-order chi connectivity index (χ0) is 15.0. The number of fused-ring (bicyclic) bond motifs is 1. The molecule has 3 rings (SSSR count). The summed E-state index contributed by atoms with van der Waals surface area (Å²) in [6.45, 7) is 1.21. The van der Waals surface area contributed by atoms with Gasteiger partial charge in [0.15, 0.2) is 5.65 Å². The first kappa shape index (κ1) is 13.6. The van der Waals surface area contributed by atoms with Gasteiger partial charge in [-0.2, -0.15) is 0 Å². The van der Waals surface area contributed by atoms with E-state index in [9.17, 15) is 14.7 Å². The highest BCUT2D eigenvalue weighted by molar-refractivity contribution is 5.65. The third-order valence-electron chi connectivity index (χ3n) is 3.25. The number of tetrazole rings is 1. The van der Waals surface area contributed by atoms with Crippen LogP contribution in [-0.2, 0) is 14.3 Å². The molecule has 0 aromatic carbocycles.